The molecule has 1 N–H and O–H groups in total. The molecule has 0 aliphatic heterocycles. The molecule has 0 spiro atoms. The Hall–Kier alpha value is -2.00. The van der Waals surface area contributed by atoms with E-state index in [4.69, 9.17) is 16.3 Å². The van der Waals surface area contributed by atoms with Crippen LogP contribution in [-0.2, 0) is 4.79 Å². The quantitative estimate of drug-likeness (QED) is 0.845. The summed E-state index contributed by atoms with van der Waals surface area (Å²) in [4.78, 5) is 12.8. The number of nitrogens with one attached hydrogen (secondary N) is 1. The van der Waals surface area contributed by atoms with Crippen molar-refractivity contribution in [3.05, 3.63) is 58.6 Å². The molecule has 1 amide bonds. The lowest BCUT2D eigenvalue weighted by molar-refractivity contribution is -0.118. The highest BCUT2D eigenvalue weighted by Gasteiger charge is 2.62. The second kappa shape index (κ2) is 6.14. The van der Waals surface area contributed by atoms with E-state index in [1.807, 2.05) is 6.07 Å². The summed E-state index contributed by atoms with van der Waals surface area (Å²) in [6, 6.07) is 13.6. The Morgan fingerprint density at radius 1 is 1.21 bits per heavy atom. The van der Waals surface area contributed by atoms with Crippen LogP contribution >= 0.6 is 11.6 Å². The molecule has 3 nitrogen and oxygen atoms in total. The summed E-state index contributed by atoms with van der Waals surface area (Å²) in [5.41, 5.74) is 2.98. The van der Waals surface area contributed by atoms with Crippen molar-refractivity contribution in [1.29, 1.82) is 0 Å². The van der Waals surface area contributed by atoms with E-state index < -0.39 is 0 Å². The van der Waals surface area contributed by atoms with E-state index in [-0.39, 0.29) is 23.2 Å². The van der Waals surface area contributed by atoms with Gasteiger partial charge in [-0.25, -0.2) is 0 Å². The van der Waals surface area contributed by atoms with Crippen molar-refractivity contribution in [2.24, 2.45) is 11.3 Å². The van der Waals surface area contributed by atoms with Crippen LogP contribution in [0.5, 0.6) is 5.75 Å². The first-order chi connectivity index (χ1) is 11.3. The van der Waals surface area contributed by atoms with Gasteiger partial charge in [0, 0.05) is 10.9 Å². The van der Waals surface area contributed by atoms with E-state index in [1.165, 1.54) is 11.1 Å². The van der Waals surface area contributed by atoms with Crippen LogP contribution < -0.4 is 10.1 Å². The minimum Gasteiger partial charge on any atom is -0.495 e. The minimum absolute atomic E-state index is 0.00655. The molecule has 0 radical (unpaired) electrons. The lowest BCUT2D eigenvalue weighted by atomic mass is 10.0. The van der Waals surface area contributed by atoms with E-state index in [9.17, 15) is 4.79 Å². The number of rotatable bonds is 4. The van der Waals surface area contributed by atoms with Gasteiger partial charge in [-0.1, -0.05) is 55.3 Å². The molecule has 2 aromatic carbocycles. The number of anilines is 1. The first-order valence-electron chi connectivity index (χ1n) is 8.05. The third-order valence-corrected chi connectivity index (χ3v) is 5.17. The maximum atomic E-state index is 12.8. The molecule has 0 heterocycles. The van der Waals surface area contributed by atoms with Crippen molar-refractivity contribution >= 4 is 23.2 Å². The highest BCUT2D eigenvalue weighted by atomic mass is 35.5. The highest BCUT2D eigenvalue weighted by molar-refractivity contribution is 6.31. The number of hydrogen-bond donors (Lipinski definition) is 1. The van der Waals surface area contributed by atoms with Gasteiger partial charge >= 0.3 is 0 Å². The average molecular weight is 344 g/mol. The van der Waals surface area contributed by atoms with Crippen molar-refractivity contribution in [2.45, 2.75) is 26.7 Å². The summed E-state index contributed by atoms with van der Waals surface area (Å²) < 4.78 is 5.31. The topological polar surface area (TPSA) is 38.3 Å². The molecule has 2 aromatic rings. The fourth-order valence-electron chi connectivity index (χ4n) is 3.60. The van der Waals surface area contributed by atoms with Crippen LogP contribution in [0.4, 0.5) is 5.69 Å². The summed E-state index contributed by atoms with van der Waals surface area (Å²) in [5, 5.41) is 3.55. The van der Waals surface area contributed by atoms with Crippen molar-refractivity contribution in [1.82, 2.24) is 0 Å². The molecule has 1 aliphatic rings. The Labute approximate surface area is 148 Å². The summed E-state index contributed by atoms with van der Waals surface area (Å²) in [6.07, 6.45) is 0. The van der Waals surface area contributed by atoms with E-state index in [0.29, 0.717) is 16.5 Å². The largest absolute Gasteiger partial charge is 0.495 e. The smallest absolute Gasteiger partial charge is 0.228 e. The van der Waals surface area contributed by atoms with Gasteiger partial charge in [-0.15, -0.1) is 0 Å². The van der Waals surface area contributed by atoms with Crippen LogP contribution in [0.3, 0.4) is 0 Å². The van der Waals surface area contributed by atoms with Gasteiger partial charge in [0.15, 0.2) is 0 Å². The molecule has 0 bridgehead atoms. The lowest BCUT2D eigenvalue weighted by Gasteiger charge is -2.11. The number of hydrogen-bond acceptors (Lipinski definition) is 2. The Kier molecular flexibility index (Phi) is 4.31. The summed E-state index contributed by atoms with van der Waals surface area (Å²) in [5.74, 6) is 0.774. The maximum Gasteiger partial charge on any atom is 0.228 e. The van der Waals surface area contributed by atoms with Gasteiger partial charge in [-0.3, -0.25) is 4.79 Å². The Bertz CT molecular complexity index is 785. The lowest BCUT2D eigenvalue weighted by Crippen LogP contribution is -2.17. The van der Waals surface area contributed by atoms with E-state index >= 15 is 0 Å². The Balaban J connectivity index is 1.82. The van der Waals surface area contributed by atoms with Crippen molar-refractivity contribution in [3.8, 4) is 5.75 Å². The number of halogens is 1. The number of aryl methyl sites for hydroxylation is 1. The van der Waals surface area contributed by atoms with Crippen molar-refractivity contribution < 1.29 is 9.53 Å². The zero-order valence-corrected chi connectivity index (χ0v) is 15.1. The fraction of sp³-hybridized carbons (Fsp3) is 0.350. The maximum absolute atomic E-state index is 12.8. The average Bonchev–Trinajstić information content (AvgIpc) is 3.10. The molecule has 2 atom stereocenters. The SMILES string of the molecule is COc1ccc(Cl)cc1NC(=O)[C@H]1[C@H](c2cccc(C)c2)C1(C)C. The van der Waals surface area contributed by atoms with Gasteiger partial charge in [-0.05, 0) is 36.1 Å². The van der Waals surface area contributed by atoms with Gasteiger partial charge in [0.25, 0.3) is 0 Å². The molecule has 0 saturated heterocycles. The van der Waals surface area contributed by atoms with Crippen molar-refractivity contribution in [2.75, 3.05) is 12.4 Å². The number of carbonyl (C=O) groups is 1. The molecule has 3 rings (SSSR count). The predicted octanol–water partition coefficient (Wildman–Crippen LogP) is 5.04. The molecule has 0 unspecified atom stereocenters. The fourth-order valence-corrected chi connectivity index (χ4v) is 3.77. The molecule has 1 aliphatic carbocycles. The zero-order chi connectivity index (χ0) is 17.5. The monoisotopic (exact) mass is 343 g/mol. The van der Waals surface area contributed by atoms with Crippen LogP contribution in [0, 0.1) is 18.3 Å². The molecular formula is C20H22ClNO2. The van der Waals surface area contributed by atoms with Crippen LogP contribution in [0.1, 0.15) is 30.9 Å². The van der Waals surface area contributed by atoms with Gasteiger partial charge in [0.05, 0.1) is 18.7 Å². The van der Waals surface area contributed by atoms with E-state index in [1.54, 1.807) is 25.3 Å². The Morgan fingerprint density at radius 2 is 1.96 bits per heavy atom. The van der Waals surface area contributed by atoms with Gasteiger partial charge in [0.2, 0.25) is 5.91 Å². The minimum atomic E-state index is -0.0667. The predicted molar refractivity (Wildman–Crippen MR) is 97.8 cm³/mol. The molecule has 126 valence electrons. The molecule has 1 saturated carbocycles. The normalized spacial score (nSPS) is 21.2. The summed E-state index contributed by atoms with van der Waals surface area (Å²) >= 11 is 6.04. The van der Waals surface area contributed by atoms with E-state index in [0.717, 1.165) is 0 Å². The number of amides is 1. The van der Waals surface area contributed by atoms with Crippen LogP contribution in [0.15, 0.2) is 42.5 Å². The second-order valence-electron chi connectivity index (χ2n) is 7.02. The second-order valence-corrected chi connectivity index (χ2v) is 7.46. The molecule has 0 aromatic heterocycles. The van der Waals surface area contributed by atoms with Crippen LogP contribution in [0.2, 0.25) is 5.02 Å². The van der Waals surface area contributed by atoms with Crippen LogP contribution in [0.25, 0.3) is 0 Å². The molecule has 4 heteroatoms. The number of benzene rings is 2. The first-order valence-corrected chi connectivity index (χ1v) is 8.43. The molecular weight excluding hydrogens is 322 g/mol. The molecule has 1 fully saturated rings. The Morgan fingerprint density at radius 3 is 2.62 bits per heavy atom. The number of carbonyl (C=O) groups excluding carboxylic acids is 1. The van der Waals surface area contributed by atoms with E-state index in [2.05, 4.69) is 44.3 Å². The number of methoxy groups -OCH3 is 1. The third kappa shape index (κ3) is 3.01. The van der Waals surface area contributed by atoms with Crippen molar-refractivity contribution in [3.63, 3.8) is 0 Å². The first kappa shape index (κ1) is 16.8. The standard InChI is InChI=1S/C20H22ClNO2/c1-12-6-5-7-13(10-12)17-18(20(17,2)3)19(23)22-15-11-14(21)8-9-16(15)24-4/h5-11,17-18H,1-4H3,(H,22,23)/t17-,18+/m0/s1. The highest BCUT2D eigenvalue weighted by Crippen LogP contribution is 2.64. The summed E-state index contributed by atoms with van der Waals surface area (Å²) in [7, 11) is 1.58. The third-order valence-electron chi connectivity index (χ3n) is 4.93. The van der Waals surface area contributed by atoms with Gasteiger partial charge < -0.3 is 10.1 Å². The zero-order valence-electron chi connectivity index (χ0n) is 14.4. The van der Waals surface area contributed by atoms with Crippen LogP contribution in [-0.4, -0.2) is 13.0 Å². The number of ether oxygens (including phenoxy) is 1. The van der Waals surface area contributed by atoms with Gasteiger partial charge in [0.1, 0.15) is 5.75 Å². The summed E-state index contributed by atoms with van der Waals surface area (Å²) in [6.45, 7) is 6.35. The van der Waals surface area contributed by atoms with Gasteiger partial charge in [-0.2, -0.15) is 0 Å². The molecule has 24 heavy (non-hydrogen) atoms.